The quantitative estimate of drug-likeness (QED) is 0.603. The standard InChI is InChI=1S/C12H14ClIO3/c1-12(2,3)17-10(15)7-16-9-6-4-5-8(13)11(9)14/h4-6H,7H2,1-3H3. The van der Waals surface area contributed by atoms with Crippen LogP contribution < -0.4 is 4.74 Å². The van der Waals surface area contributed by atoms with Crippen molar-refractivity contribution in [3.63, 3.8) is 0 Å². The van der Waals surface area contributed by atoms with Crippen molar-refractivity contribution in [2.24, 2.45) is 0 Å². The van der Waals surface area contributed by atoms with Crippen LogP contribution >= 0.6 is 34.2 Å². The number of hydrogen-bond donors (Lipinski definition) is 0. The summed E-state index contributed by atoms with van der Waals surface area (Å²) in [6.07, 6.45) is 0. The summed E-state index contributed by atoms with van der Waals surface area (Å²) >= 11 is 8.00. The van der Waals surface area contributed by atoms with E-state index in [1.807, 2.05) is 20.8 Å². The second kappa shape index (κ2) is 5.91. The SMILES string of the molecule is CC(C)(C)OC(=O)COc1cccc(Cl)c1I. The van der Waals surface area contributed by atoms with Gasteiger partial charge in [0.05, 0.1) is 8.59 Å². The van der Waals surface area contributed by atoms with Crippen molar-refractivity contribution in [3.05, 3.63) is 26.8 Å². The molecule has 0 spiro atoms. The highest BCUT2D eigenvalue weighted by Crippen LogP contribution is 2.27. The van der Waals surface area contributed by atoms with E-state index in [9.17, 15) is 4.79 Å². The maximum atomic E-state index is 11.4. The van der Waals surface area contributed by atoms with Crippen LogP contribution in [0.2, 0.25) is 5.02 Å². The average Bonchev–Trinajstić information content (AvgIpc) is 2.18. The van der Waals surface area contributed by atoms with Gasteiger partial charge >= 0.3 is 5.97 Å². The molecule has 94 valence electrons. The molecule has 0 aromatic heterocycles. The Morgan fingerprint density at radius 1 is 1.41 bits per heavy atom. The van der Waals surface area contributed by atoms with Gasteiger partial charge < -0.3 is 9.47 Å². The summed E-state index contributed by atoms with van der Waals surface area (Å²) in [4.78, 5) is 11.4. The molecule has 0 atom stereocenters. The van der Waals surface area contributed by atoms with Crippen LogP contribution in [-0.4, -0.2) is 18.2 Å². The molecule has 0 radical (unpaired) electrons. The first-order valence-corrected chi connectivity index (χ1v) is 6.54. The van der Waals surface area contributed by atoms with Gasteiger partial charge in [-0.3, -0.25) is 0 Å². The van der Waals surface area contributed by atoms with E-state index >= 15 is 0 Å². The molecule has 0 saturated carbocycles. The zero-order chi connectivity index (χ0) is 13.1. The third kappa shape index (κ3) is 5.12. The van der Waals surface area contributed by atoms with Gasteiger partial charge in [-0.25, -0.2) is 4.79 Å². The summed E-state index contributed by atoms with van der Waals surface area (Å²) in [5.41, 5.74) is -0.498. The maximum Gasteiger partial charge on any atom is 0.344 e. The Kier molecular flexibility index (Phi) is 5.06. The molecule has 0 aliphatic rings. The zero-order valence-corrected chi connectivity index (χ0v) is 12.8. The Labute approximate surface area is 120 Å². The lowest BCUT2D eigenvalue weighted by Gasteiger charge is -2.19. The normalized spacial score (nSPS) is 11.1. The van der Waals surface area contributed by atoms with Crippen molar-refractivity contribution in [1.29, 1.82) is 0 Å². The van der Waals surface area contributed by atoms with Crippen LogP contribution in [0.1, 0.15) is 20.8 Å². The monoisotopic (exact) mass is 368 g/mol. The smallest absolute Gasteiger partial charge is 0.344 e. The highest BCUT2D eigenvalue weighted by molar-refractivity contribution is 14.1. The molecule has 17 heavy (non-hydrogen) atoms. The van der Waals surface area contributed by atoms with Crippen molar-refractivity contribution in [2.45, 2.75) is 26.4 Å². The first kappa shape index (κ1) is 14.6. The topological polar surface area (TPSA) is 35.5 Å². The Morgan fingerprint density at radius 2 is 2.06 bits per heavy atom. The molecule has 0 aliphatic carbocycles. The highest BCUT2D eigenvalue weighted by atomic mass is 127. The first-order valence-electron chi connectivity index (χ1n) is 5.08. The molecule has 1 aromatic rings. The number of rotatable bonds is 3. The van der Waals surface area contributed by atoms with Crippen LogP contribution in [0.25, 0.3) is 0 Å². The number of ether oxygens (including phenoxy) is 2. The summed E-state index contributed by atoms with van der Waals surface area (Å²) < 4.78 is 11.3. The number of halogens is 2. The number of esters is 1. The number of carbonyl (C=O) groups is 1. The van der Waals surface area contributed by atoms with Crippen LogP contribution in [0, 0.1) is 3.57 Å². The van der Waals surface area contributed by atoms with E-state index in [1.165, 1.54) is 0 Å². The molecular weight excluding hydrogens is 354 g/mol. The third-order valence-corrected chi connectivity index (χ3v) is 3.43. The van der Waals surface area contributed by atoms with Gasteiger partial charge in [-0.1, -0.05) is 17.7 Å². The minimum absolute atomic E-state index is 0.117. The second-order valence-electron chi connectivity index (χ2n) is 4.43. The fourth-order valence-corrected chi connectivity index (χ4v) is 1.78. The molecular formula is C12H14ClIO3. The molecule has 0 unspecified atom stereocenters. The van der Waals surface area contributed by atoms with E-state index in [4.69, 9.17) is 21.1 Å². The number of hydrogen-bond acceptors (Lipinski definition) is 3. The Balaban J connectivity index is 2.56. The second-order valence-corrected chi connectivity index (χ2v) is 5.91. The van der Waals surface area contributed by atoms with E-state index in [2.05, 4.69) is 22.6 Å². The van der Waals surface area contributed by atoms with Gasteiger partial charge in [0.2, 0.25) is 0 Å². The van der Waals surface area contributed by atoms with E-state index in [0.29, 0.717) is 10.8 Å². The maximum absolute atomic E-state index is 11.4. The van der Waals surface area contributed by atoms with Crippen LogP contribution in [0.4, 0.5) is 0 Å². The molecule has 0 N–H and O–H groups in total. The minimum Gasteiger partial charge on any atom is -0.481 e. The molecule has 3 nitrogen and oxygen atoms in total. The predicted molar refractivity (Wildman–Crippen MR) is 75.5 cm³/mol. The molecule has 0 saturated heterocycles. The van der Waals surface area contributed by atoms with Crippen molar-refractivity contribution in [3.8, 4) is 5.75 Å². The van der Waals surface area contributed by atoms with Crippen molar-refractivity contribution < 1.29 is 14.3 Å². The summed E-state index contributed by atoms with van der Waals surface area (Å²) in [5.74, 6) is 0.192. The molecule has 1 aromatic carbocycles. The number of carbonyl (C=O) groups excluding carboxylic acids is 1. The minimum atomic E-state index is -0.498. The fraction of sp³-hybridized carbons (Fsp3) is 0.417. The number of benzene rings is 1. The largest absolute Gasteiger partial charge is 0.481 e. The lowest BCUT2D eigenvalue weighted by molar-refractivity contribution is -0.157. The summed E-state index contributed by atoms with van der Waals surface area (Å²) in [6, 6.07) is 5.30. The van der Waals surface area contributed by atoms with Crippen LogP contribution in [0.3, 0.4) is 0 Å². The van der Waals surface area contributed by atoms with Gasteiger partial charge in [0.15, 0.2) is 6.61 Å². The van der Waals surface area contributed by atoms with Gasteiger partial charge in [0.25, 0.3) is 0 Å². The summed E-state index contributed by atoms with van der Waals surface area (Å²) in [6.45, 7) is 5.32. The van der Waals surface area contributed by atoms with E-state index in [-0.39, 0.29) is 6.61 Å². The molecule has 0 amide bonds. The third-order valence-electron chi connectivity index (χ3n) is 1.68. The van der Waals surface area contributed by atoms with Crippen LogP contribution in [0.15, 0.2) is 18.2 Å². The van der Waals surface area contributed by atoms with Crippen LogP contribution in [-0.2, 0) is 9.53 Å². The van der Waals surface area contributed by atoms with Crippen molar-refractivity contribution in [1.82, 2.24) is 0 Å². The van der Waals surface area contributed by atoms with Crippen LogP contribution in [0.5, 0.6) is 5.75 Å². The molecule has 1 rings (SSSR count). The first-order chi connectivity index (χ1) is 7.79. The molecule has 0 fully saturated rings. The lowest BCUT2D eigenvalue weighted by atomic mass is 10.2. The van der Waals surface area contributed by atoms with Crippen molar-refractivity contribution in [2.75, 3.05) is 6.61 Å². The van der Waals surface area contributed by atoms with E-state index in [0.717, 1.165) is 3.57 Å². The Morgan fingerprint density at radius 3 is 2.65 bits per heavy atom. The van der Waals surface area contributed by atoms with E-state index in [1.54, 1.807) is 18.2 Å². The zero-order valence-electron chi connectivity index (χ0n) is 9.92. The molecule has 0 heterocycles. The Bertz CT molecular complexity index is 413. The lowest BCUT2D eigenvalue weighted by Crippen LogP contribution is -2.27. The van der Waals surface area contributed by atoms with Gasteiger partial charge in [-0.05, 0) is 55.5 Å². The summed E-state index contributed by atoms with van der Waals surface area (Å²) in [7, 11) is 0. The van der Waals surface area contributed by atoms with Gasteiger partial charge in [-0.15, -0.1) is 0 Å². The molecule has 0 aliphatic heterocycles. The van der Waals surface area contributed by atoms with E-state index < -0.39 is 11.6 Å². The molecule has 0 bridgehead atoms. The van der Waals surface area contributed by atoms with Gasteiger partial charge in [0.1, 0.15) is 11.4 Å². The molecule has 5 heteroatoms. The summed E-state index contributed by atoms with van der Waals surface area (Å²) in [5, 5.41) is 0.604. The average molecular weight is 369 g/mol. The van der Waals surface area contributed by atoms with Gasteiger partial charge in [-0.2, -0.15) is 0 Å². The highest BCUT2D eigenvalue weighted by Gasteiger charge is 2.17. The van der Waals surface area contributed by atoms with Crippen molar-refractivity contribution >= 4 is 40.2 Å². The fourth-order valence-electron chi connectivity index (χ4n) is 1.10. The van der Waals surface area contributed by atoms with Gasteiger partial charge in [0, 0.05) is 0 Å². The Hall–Kier alpha value is -0.490. The predicted octanol–water partition coefficient (Wildman–Crippen LogP) is 3.67.